The number of halogens is 1. The van der Waals surface area contributed by atoms with Gasteiger partial charge in [-0.2, -0.15) is 0 Å². The molecular weight excluding hydrogens is 312 g/mol. The summed E-state index contributed by atoms with van der Waals surface area (Å²) >= 11 is 3.45. The maximum Gasteiger partial charge on any atom is 0.307 e. The van der Waals surface area contributed by atoms with Crippen LogP contribution in [0.2, 0.25) is 0 Å². The van der Waals surface area contributed by atoms with Gasteiger partial charge in [0.2, 0.25) is 6.79 Å². The molecule has 3 atom stereocenters. The number of rotatable bonds is 2. The highest BCUT2D eigenvalue weighted by Crippen LogP contribution is 2.40. The predicted octanol–water partition coefficient (Wildman–Crippen LogP) is 2.92. The number of carboxylic acids is 1. The first-order chi connectivity index (χ1) is 9.15. The molecule has 0 fully saturated rings. The Hall–Kier alpha value is -1.49. The molecule has 1 aromatic carbocycles. The second-order valence-electron chi connectivity index (χ2n) is 4.72. The molecule has 1 heterocycles. The lowest BCUT2D eigenvalue weighted by Crippen LogP contribution is -2.26. The van der Waals surface area contributed by atoms with E-state index in [2.05, 4.69) is 15.9 Å². The number of carbonyl (C=O) groups is 1. The van der Waals surface area contributed by atoms with Crippen LogP contribution in [0.15, 0.2) is 30.4 Å². The largest absolute Gasteiger partial charge is 0.481 e. The van der Waals surface area contributed by atoms with Crippen LogP contribution in [0.5, 0.6) is 11.5 Å². The number of ether oxygens (including phenoxy) is 2. The van der Waals surface area contributed by atoms with Gasteiger partial charge in [0.1, 0.15) is 0 Å². The first-order valence-electron chi connectivity index (χ1n) is 6.10. The number of allylic oxidation sites excluding steroid dienone is 2. The van der Waals surface area contributed by atoms with Crippen molar-refractivity contribution in [3.8, 4) is 11.5 Å². The van der Waals surface area contributed by atoms with Crippen LogP contribution in [0.25, 0.3) is 0 Å². The van der Waals surface area contributed by atoms with Gasteiger partial charge in [-0.3, -0.25) is 4.79 Å². The van der Waals surface area contributed by atoms with Crippen molar-refractivity contribution in [3.05, 3.63) is 35.9 Å². The summed E-state index contributed by atoms with van der Waals surface area (Å²) < 4.78 is 10.6. The summed E-state index contributed by atoms with van der Waals surface area (Å²) in [5.74, 6) is 0.0943. The molecule has 5 heteroatoms. The first kappa shape index (κ1) is 12.5. The van der Waals surface area contributed by atoms with Crippen LogP contribution < -0.4 is 9.47 Å². The van der Waals surface area contributed by atoms with E-state index in [-0.39, 0.29) is 17.5 Å². The molecule has 1 N–H and O–H groups in total. The Labute approximate surface area is 119 Å². The smallest absolute Gasteiger partial charge is 0.307 e. The number of fused-ring (bicyclic) bond motifs is 1. The topological polar surface area (TPSA) is 55.8 Å². The average Bonchev–Trinajstić information content (AvgIpc) is 2.85. The molecule has 0 radical (unpaired) electrons. The fourth-order valence-corrected chi connectivity index (χ4v) is 3.14. The lowest BCUT2D eigenvalue weighted by molar-refractivity contribution is -0.142. The highest BCUT2D eigenvalue weighted by molar-refractivity contribution is 9.09. The second-order valence-corrected chi connectivity index (χ2v) is 5.90. The lowest BCUT2D eigenvalue weighted by atomic mass is 9.79. The van der Waals surface area contributed by atoms with E-state index in [1.54, 1.807) is 0 Å². The lowest BCUT2D eigenvalue weighted by Gasteiger charge is -2.27. The van der Waals surface area contributed by atoms with Crippen LogP contribution in [0.1, 0.15) is 17.9 Å². The predicted molar refractivity (Wildman–Crippen MR) is 72.9 cm³/mol. The standard InChI is InChI=1S/C14H13BrO4/c15-9-2-3-10(11(6-9)14(16)17)8-1-4-12-13(5-8)19-7-18-12/h1-5,9-11H,6-7H2,(H,16,17). The quantitative estimate of drug-likeness (QED) is 0.671. The van der Waals surface area contributed by atoms with Crippen molar-refractivity contribution in [1.29, 1.82) is 0 Å². The van der Waals surface area contributed by atoms with Crippen LogP contribution >= 0.6 is 15.9 Å². The fourth-order valence-electron chi connectivity index (χ4n) is 2.56. The van der Waals surface area contributed by atoms with Gasteiger partial charge in [0, 0.05) is 10.7 Å². The van der Waals surface area contributed by atoms with Crippen LogP contribution in [-0.4, -0.2) is 22.7 Å². The average molecular weight is 325 g/mol. The van der Waals surface area contributed by atoms with Gasteiger partial charge >= 0.3 is 5.97 Å². The fraction of sp³-hybridized carbons (Fsp3) is 0.357. The zero-order chi connectivity index (χ0) is 13.4. The van der Waals surface area contributed by atoms with Crippen molar-refractivity contribution in [2.24, 2.45) is 5.92 Å². The van der Waals surface area contributed by atoms with Crippen molar-refractivity contribution < 1.29 is 19.4 Å². The number of carboxylic acid groups (broad SMARTS) is 1. The van der Waals surface area contributed by atoms with E-state index in [1.807, 2.05) is 30.4 Å². The highest BCUT2D eigenvalue weighted by Gasteiger charge is 2.33. The molecule has 4 nitrogen and oxygen atoms in total. The van der Waals surface area contributed by atoms with Gasteiger partial charge in [-0.25, -0.2) is 0 Å². The van der Waals surface area contributed by atoms with E-state index in [0.717, 1.165) is 5.56 Å². The van der Waals surface area contributed by atoms with Crippen LogP contribution in [0.3, 0.4) is 0 Å². The van der Waals surface area contributed by atoms with Crippen LogP contribution in [0, 0.1) is 5.92 Å². The van der Waals surface area contributed by atoms with Crippen molar-refractivity contribution in [2.45, 2.75) is 17.2 Å². The van der Waals surface area contributed by atoms with Gasteiger partial charge in [0.25, 0.3) is 0 Å². The summed E-state index contributed by atoms with van der Waals surface area (Å²) in [5.41, 5.74) is 0.951. The van der Waals surface area contributed by atoms with Crippen LogP contribution in [0.4, 0.5) is 0 Å². The minimum absolute atomic E-state index is 0.124. The minimum Gasteiger partial charge on any atom is -0.481 e. The van der Waals surface area contributed by atoms with Crippen molar-refractivity contribution >= 4 is 21.9 Å². The van der Waals surface area contributed by atoms with Gasteiger partial charge in [-0.1, -0.05) is 34.1 Å². The molecule has 100 valence electrons. The number of benzene rings is 1. The van der Waals surface area contributed by atoms with Gasteiger partial charge in [0.05, 0.1) is 5.92 Å². The second kappa shape index (κ2) is 4.89. The minimum atomic E-state index is -0.767. The van der Waals surface area contributed by atoms with Crippen molar-refractivity contribution in [1.82, 2.24) is 0 Å². The van der Waals surface area contributed by atoms with E-state index in [4.69, 9.17) is 9.47 Å². The molecule has 0 spiro atoms. The van der Waals surface area contributed by atoms with Gasteiger partial charge in [-0.05, 0) is 24.1 Å². The molecule has 1 aliphatic carbocycles. The molecule has 0 amide bonds. The molecule has 2 aliphatic rings. The summed E-state index contributed by atoms with van der Waals surface area (Å²) in [6, 6.07) is 5.62. The third-order valence-electron chi connectivity index (χ3n) is 3.54. The molecule has 3 unspecified atom stereocenters. The zero-order valence-corrected chi connectivity index (χ0v) is 11.7. The number of hydrogen-bond donors (Lipinski definition) is 1. The number of aliphatic carboxylic acids is 1. The van der Waals surface area contributed by atoms with E-state index < -0.39 is 11.9 Å². The van der Waals surface area contributed by atoms with Gasteiger partial charge < -0.3 is 14.6 Å². The Balaban J connectivity index is 1.95. The Morgan fingerprint density at radius 2 is 2.05 bits per heavy atom. The van der Waals surface area contributed by atoms with Gasteiger partial charge in [-0.15, -0.1) is 0 Å². The van der Waals surface area contributed by atoms with E-state index in [1.165, 1.54) is 0 Å². The summed E-state index contributed by atoms with van der Waals surface area (Å²) in [4.78, 5) is 11.5. The normalized spacial score (nSPS) is 28.4. The third-order valence-corrected chi connectivity index (χ3v) is 4.22. The van der Waals surface area contributed by atoms with Gasteiger partial charge in [0.15, 0.2) is 11.5 Å². The highest BCUT2D eigenvalue weighted by atomic mass is 79.9. The molecule has 0 saturated carbocycles. The Morgan fingerprint density at radius 3 is 2.84 bits per heavy atom. The maximum absolute atomic E-state index is 11.4. The molecular formula is C14H13BrO4. The Bertz CT molecular complexity index is 540. The van der Waals surface area contributed by atoms with E-state index in [9.17, 15) is 9.90 Å². The molecule has 1 aliphatic heterocycles. The Kier molecular flexibility index (Phi) is 3.22. The molecule has 1 aromatic rings. The SMILES string of the molecule is O=C(O)C1CC(Br)C=CC1c1ccc2c(c1)OCO2. The summed E-state index contributed by atoms with van der Waals surface area (Å²) in [6.07, 6.45) is 4.55. The summed E-state index contributed by atoms with van der Waals surface area (Å²) in [6.45, 7) is 0.227. The molecule has 0 bridgehead atoms. The maximum atomic E-state index is 11.4. The molecule has 0 aromatic heterocycles. The first-order valence-corrected chi connectivity index (χ1v) is 7.01. The number of alkyl halides is 1. The third kappa shape index (κ3) is 2.34. The monoisotopic (exact) mass is 324 g/mol. The summed E-state index contributed by atoms with van der Waals surface area (Å²) in [5, 5.41) is 9.37. The van der Waals surface area contributed by atoms with E-state index in [0.29, 0.717) is 17.9 Å². The Morgan fingerprint density at radius 1 is 1.26 bits per heavy atom. The summed E-state index contributed by atoms with van der Waals surface area (Å²) in [7, 11) is 0. The zero-order valence-electron chi connectivity index (χ0n) is 10.1. The van der Waals surface area contributed by atoms with Crippen molar-refractivity contribution in [2.75, 3.05) is 6.79 Å². The van der Waals surface area contributed by atoms with Crippen LogP contribution in [-0.2, 0) is 4.79 Å². The molecule has 3 rings (SSSR count). The van der Waals surface area contributed by atoms with Crippen molar-refractivity contribution in [3.63, 3.8) is 0 Å². The number of hydrogen-bond acceptors (Lipinski definition) is 3. The molecule has 19 heavy (non-hydrogen) atoms. The molecule has 0 saturated heterocycles. The van der Waals surface area contributed by atoms with E-state index >= 15 is 0 Å².